The molecule has 0 bridgehead atoms. The molecule has 2 fully saturated rings. The minimum absolute atomic E-state index is 0.0790. The molecule has 1 amide bonds. The van der Waals surface area contributed by atoms with Crippen LogP contribution >= 0.6 is 11.8 Å². The lowest BCUT2D eigenvalue weighted by Gasteiger charge is -2.29. The third-order valence-corrected chi connectivity index (χ3v) is 5.72. The van der Waals surface area contributed by atoms with Gasteiger partial charge in [-0.1, -0.05) is 31.5 Å². The number of carbonyl (C=O) groups excluding carboxylic acids is 1. The maximum atomic E-state index is 12.2. The van der Waals surface area contributed by atoms with Gasteiger partial charge in [0.15, 0.2) is 0 Å². The van der Waals surface area contributed by atoms with E-state index in [0.29, 0.717) is 17.7 Å². The Bertz CT molecular complexity index is 518. The zero-order valence-corrected chi connectivity index (χ0v) is 14.4. The molecule has 2 atom stereocenters. The van der Waals surface area contributed by atoms with Gasteiger partial charge >= 0.3 is 0 Å². The first-order chi connectivity index (χ1) is 11.2. The number of thioether (sulfide) groups is 1. The normalized spacial score (nSPS) is 26.1. The summed E-state index contributed by atoms with van der Waals surface area (Å²) in [6.45, 7) is 3.71. The highest BCUT2D eigenvalue weighted by atomic mass is 32.2. The molecule has 128 valence electrons. The van der Waals surface area contributed by atoms with Crippen molar-refractivity contribution in [3.63, 3.8) is 0 Å². The average Bonchev–Trinajstić information content (AvgIpc) is 3.04. The summed E-state index contributed by atoms with van der Waals surface area (Å²) in [7, 11) is 0. The molecule has 0 unspecified atom stereocenters. The van der Waals surface area contributed by atoms with Gasteiger partial charge in [0.1, 0.15) is 0 Å². The predicted molar refractivity (Wildman–Crippen MR) is 87.2 cm³/mol. The van der Waals surface area contributed by atoms with E-state index in [1.165, 1.54) is 31.0 Å². The third kappa shape index (κ3) is 4.44. The summed E-state index contributed by atoms with van der Waals surface area (Å²) in [5.41, 5.74) is 0. The SMILES string of the molecule is C[C@@H]1CCCC[C@H]1NC(=O)CSc1nnnn1C1CCOCC1. The summed E-state index contributed by atoms with van der Waals surface area (Å²) >= 11 is 1.42. The standard InChI is InChI=1S/C15H25N5O2S/c1-11-4-2-3-5-13(11)16-14(21)10-23-15-17-18-19-20(15)12-6-8-22-9-7-12/h11-13H,2-10H2,1H3,(H,16,21)/t11-,13-/m1/s1. The van der Waals surface area contributed by atoms with Gasteiger partial charge in [-0.15, -0.1) is 5.10 Å². The van der Waals surface area contributed by atoms with Crippen molar-refractivity contribution in [2.45, 2.75) is 62.7 Å². The topological polar surface area (TPSA) is 81.9 Å². The Morgan fingerprint density at radius 1 is 1.30 bits per heavy atom. The van der Waals surface area contributed by atoms with E-state index < -0.39 is 0 Å². The summed E-state index contributed by atoms with van der Waals surface area (Å²) in [6, 6.07) is 0.603. The maximum absolute atomic E-state index is 12.2. The van der Waals surface area contributed by atoms with Crippen LogP contribution in [0.3, 0.4) is 0 Å². The van der Waals surface area contributed by atoms with Crippen molar-refractivity contribution in [1.29, 1.82) is 0 Å². The van der Waals surface area contributed by atoms with Gasteiger partial charge in [-0.05, 0) is 42.0 Å². The number of carbonyl (C=O) groups is 1. The highest BCUT2D eigenvalue weighted by Crippen LogP contribution is 2.26. The van der Waals surface area contributed by atoms with Gasteiger partial charge in [-0.3, -0.25) is 4.79 Å². The predicted octanol–water partition coefficient (Wildman–Crippen LogP) is 1.81. The van der Waals surface area contributed by atoms with E-state index in [2.05, 4.69) is 27.8 Å². The fourth-order valence-corrected chi connectivity index (χ4v) is 4.10. The average molecular weight is 339 g/mol. The van der Waals surface area contributed by atoms with Gasteiger partial charge in [0, 0.05) is 19.3 Å². The minimum Gasteiger partial charge on any atom is -0.381 e. The van der Waals surface area contributed by atoms with Crippen LogP contribution in [0.15, 0.2) is 5.16 Å². The van der Waals surface area contributed by atoms with E-state index in [1.54, 1.807) is 0 Å². The molecule has 1 N–H and O–H groups in total. The summed E-state index contributed by atoms with van der Waals surface area (Å²) in [5.74, 6) is 1.02. The Morgan fingerprint density at radius 2 is 2.09 bits per heavy atom. The number of rotatable bonds is 5. The lowest BCUT2D eigenvalue weighted by Crippen LogP contribution is -2.41. The molecule has 1 aromatic heterocycles. The van der Waals surface area contributed by atoms with Gasteiger partial charge in [-0.25, -0.2) is 4.68 Å². The highest BCUT2D eigenvalue weighted by molar-refractivity contribution is 7.99. The monoisotopic (exact) mass is 339 g/mol. The molecule has 1 aliphatic carbocycles. The van der Waals surface area contributed by atoms with Crippen LogP contribution in [0.1, 0.15) is 51.5 Å². The second-order valence-electron chi connectivity index (χ2n) is 6.47. The van der Waals surface area contributed by atoms with Crippen LogP contribution in [0, 0.1) is 5.92 Å². The second kappa shape index (κ2) is 8.10. The fourth-order valence-electron chi connectivity index (χ4n) is 3.35. The molecule has 8 heteroatoms. The number of hydrogen-bond donors (Lipinski definition) is 1. The molecule has 2 aliphatic rings. The van der Waals surface area contributed by atoms with Gasteiger partial charge in [0.2, 0.25) is 11.1 Å². The molecular weight excluding hydrogens is 314 g/mol. The van der Waals surface area contributed by atoms with Crippen LogP contribution in [-0.4, -0.2) is 51.1 Å². The first kappa shape index (κ1) is 16.7. The Balaban J connectivity index is 1.50. The smallest absolute Gasteiger partial charge is 0.230 e. The number of nitrogens with zero attached hydrogens (tertiary/aromatic N) is 4. The van der Waals surface area contributed by atoms with Crippen molar-refractivity contribution in [3.8, 4) is 0 Å². The molecule has 3 rings (SSSR count). The molecule has 7 nitrogen and oxygen atoms in total. The molecule has 1 aliphatic heterocycles. The van der Waals surface area contributed by atoms with E-state index in [9.17, 15) is 4.79 Å². The van der Waals surface area contributed by atoms with E-state index in [0.717, 1.165) is 37.6 Å². The van der Waals surface area contributed by atoms with Crippen molar-refractivity contribution < 1.29 is 9.53 Å². The lowest BCUT2D eigenvalue weighted by molar-refractivity contribution is -0.119. The Hall–Kier alpha value is -1.15. The van der Waals surface area contributed by atoms with Gasteiger partial charge in [-0.2, -0.15) is 0 Å². The Labute approximate surface area is 140 Å². The maximum Gasteiger partial charge on any atom is 0.230 e. The largest absolute Gasteiger partial charge is 0.381 e. The zero-order valence-electron chi connectivity index (χ0n) is 13.6. The van der Waals surface area contributed by atoms with Crippen molar-refractivity contribution in [2.24, 2.45) is 5.92 Å². The van der Waals surface area contributed by atoms with E-state index in [-0.39, 0.29) is 11.9 Å². The minimum atomic E-state index is 0.0790. The first-order valence-electron chi connectivity index (χ1n) is 8.52. The molecule has 23 heavy (non-hydrogen) atoms. The number of amides is 1. The fraction of sp³-hybridized carbons (Fsp3) is 0.867. The second-order valence-corrected chi connectivity index (χ2v) is 7.42. The molecule has 1 saturated heterocycles. The summed E-state index contributed by atoms with van der Waals surface area (Å²) < 4.78 is 7.23. The quantitative estimate of drug-likeness (QED) is 0.824. The molecular formula is C15H25N5O2S. The Kier molecular flexibility index (Phi) is 5.88. The number of nitrogens with one attached hydrogen (secondary N) is 1. The summed E-state index contributed by atoms with van der Waals surface area (Å²) in [4.78, 5) is 12.2. The van der Waals surface area contributed by atoms with E-state index in [1.807, 2.05) is 4.68 Å². The molecule has 0 spiro atoms. The van der Waals surface area contributed by atoms with Gasteiger partial charge < -0.3 is 10.1 Å². The van der Waals surface area contributed by atoms with Crippen LogP contribution in [0.4, 0.5) is 0 Å². The van der Waals surface area contributed by atoms with E-state index >= 15 is 0 Å². The zero-order chi connectivity index (χ0) is 16.1. The summed E-state index contributed by atoms with van der Waals surface area (Å²) in [6.07, 6.45) is 6.64. The van der Waals surface area contributed by atoms with Crippen LogP contribution in [0.25, 0.3) is 0 Å². The van der Waals surface area contributed by atoms with E-state index in [4.69, 9.17) is 4.74 Å². The van der Waals surface area contributed by atoms with Crippen molar-refractivity contribution in [3.05, 3.63) is 0 Å². The molecule has 1 aromatic rings. The Morgan fingerprint density at radius 3 is 2.87 bits per heavy atom. The lowest BCUT2D eigenvalue weighted by atomic mass is 9.86. The van der Waals surface area contributed by atoms with Crippen LogP contribution in [-0.2, 0) is 9.53 Å². The summed E-state index contributed by atoms with van der Waals surface area (Å²) in [5, 5.41) is 15.8. The van der Waals surface area contributed by atoms with Crippen molar-refractivity contribution in [1.82, 2.24) is 25.5 Å². The van der Waals surface area contributed by atoms with Crippen LogP contribution < -0.4 is 5.32 Å². The van der Waals surface area contributed by atoms with Crippen LogP contribution in [0.5, 0.6) is 0 Å². The molecule has 1 saturated carbocycles. The van der Waals surface area contributed by atoms with Crippen molar-refractivity contribution >= 4 is 17.7 Å². The van der Waals surface area contributed by atoms with Crippen LogP contribution in [0.2, 0.25) is 0 Å². The molecule has 2 heterocycles. The highest BCUT2D eigenvalue weighted by Gasteiger charge is 2.24. The van der Waals surface area contributed by atoms with Crippen molar-refractivity contribution in [2.75, 3.05) is 19.0 Å². The number of hydrogen-bond acceptors (Lipinski definition) is 6. The number of ether oxygens (including phenoxy) is 1. The molecule has 0 radical (unpaired) electrons. The number of aromatic nitrogens is 4. The van der Waals surface area contributed by atoms with Gasteiger partial charge in [0.05, 0.1) is 11.8 Å². The third-order valence-electron chi connectivity index (χ3n) is 4.79. The first-order valence-corrected chi connectivity index (χ1v) is 9.50. The number of tetrazole rings is 1. The van der Waals surface area contributed by atoms with Gasteiger partial charge in [0.25, 0.3) is 0 Å². The molecule has 0 aromatic carbocycles.